The zero-order valence-corrected chi connectivity index (χ0v) is 14.3. The van der Waals surface area contributed by atoms with Gasteiger partial charge in [0.05, 0.1) is 8.07 Å². The van der Waals surface area contributed by atoms with Crippen LogP contribution in [0, 0.1) is 3.57 Å². The molecule has 0 fully saturated rings. The lowest BCUT2D eigenvalue weighted by Gasteiger charge is -2.27. The SMILES string of the molecule is C/C=C/[C@@H](NCc1ccc(I)cc1)[Si](C)(C)C. The quantitative estimate of drug-likeness (QED) is 0.472. The zero-order valence-electron chi connectivity index (χ0n) is 11.1. The molecule has 1 aromatic rings. The smallest absolute Gasteiger partial charge is 0.0683 e. The number of hydrogen-bond acceptors (Lipinski definition) is 1. The average Bonchev–Trinajstić information content (AvgIpc) is 2.25. The molecule has 0 aliphatic carbocycles. The van der Waals surface area contributed by atoms with Gasteiger partial charge in [0.15, 0.2) is 0 Å². The van der Waals surface area contributed by atoms with E-state index in [9.17, 15) is 0 Å². The Labute approximate surface area is 120 Å². The summed E-state index contributed by atoms with van der Waals surface area (Å²) in [5, 5.41) is 3.67. The summed E-state index contributed by atoms with van der Waals surface area (Å²) in [5.41, 5.74) is 1.91. The van der Waals surface area contributed by atoms with Crippen molar-refractivity contribution in [2.24, 2.45) is 0 Å². The summed E-state index contributed by atoms with van der Waals surface area (Å²) < 4.78 is 1.29. The third-order valence-electron chi connectivity index (χ3n) is 2.76. The lowest BCUT2D eigenvalue weighted by atomic mass is 10.2. The fourth-order valence-electron chi connectivity index (χ4n) is 1.69. The van der Waals surface area contributed by atoms with Gasteiger partial charge in [-0.1, -0.05) is 43.9 Å². The monoisotopic (exact) mass is 359 g/mol. The molecule has 1 rings (SSSR count). The number of halogens is 1. The summed E-state index contributed by atoms with van der Waals surface area (Å²) in [7, 11) is -1.17. The van der Waals surface area contributed by atoms with Crippen molar-refractivity contribution in [1.29, 1.82) is 0 Å². The zero-order chi connectivity index (χ0) is 12.9. The van der Waals surface area contributed by atoms with Crippen LogP contribution in [0.4, 0.5) is 0 Å². The highest BCUT2D eigenvalue weighted by Crippen LogP contribution is 2.11. The third-order valence-corrected chi connectivity index (χ3v) is 5.74. The molecule has 0 heterocycles. The van der Waals surface area contributed by atoms with Crippen LogP contribution in [-0.2, 0) is 6.54 Å². The Bertz CT molecular complexity index is 365. The Morgan fingerprint density at radius 2 is 1.82 bits per heavy atom. The van der Waals surface area contributed by atoms with Crippen LogP contribution < -0.4 is 5.32 Å². The standard InChI is InChI=1S/C14H22INSi/c1-5-6-14(17(2,3)4)16-11-12-7-9-13(15)10-8-12/h5-10,14,16H,11H2,1-4H3/b6-5+/t14-/m0/s1. The molecule has 94 valence electrons. The van der Waals surface area contributed by atoms with E-state index in [1.54, 1.807) is 0 Å². The summed E-state index contributed by atoms with van der Waals surface area (Å²) in [5.74, 6) is 0. The maximum absolute atomic E-state index is 3.67. The van der Waals surface area contributed by atoms with E-state index in [0.717, 1.165) is 6.54 Å². The minimum atomic E-state index is -1.17. The summed E-state index contributed by atoms with van der Waals surface area (Å²) in [4.78, 5) is 0. The molecule has 17 heavy (non-hydrogen) atoms. The summed E-state index contributed by atoms with van der Waals surface area (Å²) in [6, 6.07) is 8.73. The molecule has 0 aliphatic heterocycles. The predicted octanol–water partition coefficient (Wildman–Crippen LogP) is 4.20. The maximum atomic E-state index is 3.67. The minimum Gasteiger partial charge on any atom is -0.309 e. The van der Waals surface area contributed by atoms with Crippen LogP contribution in [0.3, 0.4) is 0 Å². The van der Waals surface area contributed by atoms with E-state index in [4.69, 9.17) is 0 Å². The van der Waals surface area contributed by atoms with Gasteiger partial charge in [0.25, 0.3) is 0 Å². The molecular formula is C14H22INSi. The van der Waals surface area contributed by atoms with Crippen LogP contribution in [0.5, 0.6) is 0 Å². The molecular weight excluding hydrogens is 337 g/mol. The highest BCUT2D eigenvalue weighted by atomic mass is 127. The van der Waals surface area contributed by atoms with Crippen molar-refractivity contribution in [2.45, 2.75) is 38.8 Å². The van der Waals surface area contributed by atoms with Gasteiger partial charge in [0.1, 0.15) is 0 Å². The molecule has 1 atom stereocenters. The van der Waals surface area contributed by atoms with Gasteiger partial charge in [-0.2, -0.15) is 0 Å². The number of allylic oxidation sites excluding steroid dienone is 1. The lowest BCUT2D eigenvalue weighted by Crippen LogP contribution is -2.46. The first kappa shape index (κ1) is 14.9. The molecule has 0 saturated carbocycles. The fourth-order valence-corrected chi connectivity index (χ4v) is 3.53. The first-order chi connectivity index (χ1) is 7.93. The van der Waals surface area contributed by atoms with Crippen molar-refractivity contribution < 1.29 is 0 Å². The minimum absolute atomic E-state index is 0.548. The van der Waals surface area contributed by atoms with Crippen molar-refractivity contribution in [3.8, 4) is 0 Å². The Morgan fingerprint density at radius 1 is 1.24 bits per heavy atom. The second-order valence-corrected chi connectivity index (χ2v) is 12.0. The highest BCUT2D eigenvalue weighted by molar-refractivity contribution is 14.1. The van der Waals surface area contributed by atoms with Gasteiger partial charge in [-0.3, -0.25) is 0 Å². The first-order valence-corrected chi connectivity index (χ1v) is 10.7. The van der Waals surface area contributed by atoms with Gasteiger partial charge < -0.3 is 5.32 Å². The van der Waals surface area contributed by atoms with Gasteiger partial charge in [-0.15, -0.1) is 0 Å². The van der Waals surface area contributed by atoms with E-state index in [1.165, 1.54) is 9.13 Å². The Balaban J connectivity index is 2.61. The van der Waals surface area contributed by atoms with Gasteiger partial charge in [0, 0.05) is 15.8 Å². The van der Waals surface area contributed by atoms with E-state index < -0.39 is 8.07 Å². The largest absolute Gasteiger partial charge is 0.309 e. The predicted molar refractivity (Wildman–Crippen MR) is 87.9 cm³/mol. The second-order valence-electron chi connectivity index (χ2n) is 5.38. The fraction of sp³-hybridized carbons (Fsp3) is 0.429. The van der Waals surface area contributed by atoms with Gasteiger partial charge in [-0.05, 0) is 47.2 Å². The average molecular weight is 359 g/mol. The molecule has 1 nitrogen and oxygen atoms in total. The van der Waals surface area contributed by atoms with Crippen molar-refractivity contribution in [2.75, 3.05) is 0 Å². The van der Waals surface area contributed by atoms with E-state index in [1.807, 2.05) is 0 Å². The number of nitrogens with one attached hydrogen (secondary N) is 1. The molecule has 3 heteroatoms. The topological polar surface area (TPSA) is 12.0 Å². The Hall–Kier alpha value is -0.133. The van der Waals surface area contributed by atoms with Crippen LogP contribution in [-0.4, -0.2) is 13.7 Å². The number of rotatable bonds is 5. The highest BCUT2D eigenvalue weighted by Gasteiger charge is 2.23. The summed E-state index contributed by atoms with van der Waals surface area (Å²) in [6.07, 6.45) is 4.46. The molecule has 1 aromatic carbocycles. The van der Waals surface area contributed by atoms with Crippen molar-refractivity contribution in [3.63, 3.8) is 0 Å². The number of hydrogen-bond donors (Lipinski definition) is 1. The Kier molecular flexibility index (Phi) is 5.89. The molecule has 0 unspecified atom stereocenters. The molecule has 0 amide bonds. The number of benzene rings is 1. The first-order valence-electron chi connectivity index (χ1n) is 6.04. The molecule has 0 saturated heterocycles. The second kappa shape index (κ2) is 6.71. The van der Waals surface area contributed by atoms with E-state index in [-0.39, 0.29) is 0 Å². The molecule has 0 radical (unpaired) electrons. The molecule has 0 aromatic heterocycles. The maximum Gasteiger partial charge on any atom is 0.0683 e. The normalized spacial score (nSPS) is 14.2. The van der Waals surface area contributed by atoms with Crippen molar-refractivity contribution in [3.05, 3.63) is 45.6 Å². The van der Waals surface area contributed by atoms with Crippen molar-refractivity contribution in [1.82, 2.24) is 5.32 Å². The molecule has 0 spiro atoms. The lowest BCUT2D eigenvalue weighted by molar-refractivity contribution is 0.698. The van der Waals surface area contributed by atoms with Crippen LogP contribution in [0.2, 0.25) is 19.6 Å². The van der Waals surface area contributed by atoms with Crippen LogP contribution in [0.1, 0.15) is 12.5 Å². The molecule has 0 bridgehead atoms. The van der Waals surface area contributed by atoms with E-state index in [2.05, 4.69) is 90.9 Å². The van der Waals surface area contributed by atoms with E-state index in [0.29, 0.717) is 5.67 Å². The van der Waals surface area contributed by atoms with Crippen LogP contribution in [0.25, 0.3) is 0 Å². The summed E-state index contributed by atoms with van der Waals surface area (Å²) in [6.45, 7) is 10.3. The van der Waals surface area contributed by atoms with Gasteiger partial charge >= 0.3 is 0 Å². The van der Waals surface area contributed by atoms with E-state index >= 15 is 0 Å². The Morgan fingerprint density at radius 3 is 2.29 bits per heavy atom. The van der Waals surface area contributed by atoms with Crippen molar-refractivity contribution >= 4 is 30.7 Å². The summed E-state index contributed by atoms with van der Waals surface area (Å²) >= 11 is 2.34. The van der Waals surface area contributed by atoms with Gasteiger partial charge in [0.2, 0.25) is 0 Å². The molecule has 1 N–H and O–H groups in total. The van der Waals surface area contributed by atoms with Gasteiger partial charge in [-0.25, -0.2) is 0 Å². The molecule has 0 aliphatic rings. The van der Waals surface area contributed by atoms with Crippen LogP contribution in [0.15, 0.2) is 36.4 Å². The third kappa shape index (κ3) is 5.36. The van der Waals surface area contributed by atoms with Crippen LogP contribution >= 0.6 is 22.6 Å².